The maximum Gasteiger partial charge on any atom is 0.265 e. The number of carbonyl (C=O) groups excluding carboxylic acids is 1. The van der Waals surface area contributed by atoms with E-state index in [1.165, 1.54) is 0 Å². The monoisotopic (exact) mass is 353 g/mol. The second-order valence-electron chi connectivity index (χ2n) is 5.03. The Morgan fingerprint density at radius 1 is 1.13 bits per heavy atom. The number of anilines is 1. The SMILES string of the molecule is COc1ccc(C)cc1NC(=O)[C@@H](C)Oc1ccc(Cl)cc1Cl. The first-order chi connectivity index (χ1) is 10.9. The molecule has 1 atom stereocenters. The summed E-state index contributed by atoms with van der Waals surface area (Å²) < 4.78 is 10.8. The highest BCUT2D eigenvalue weighted by Crippen LogP contribution is 2.29. The number of aryl methyl sites for hydroxylation is 1. The Morgan fingerprint density at radius 2 is 1.83 bits per heavy atom. The van der Waals surface area contributed by atoms with Crippen molar-refractivity contribution in [3.05, 3.63) is 52.0 Å². The molecule has 1 amide bonds. The summed E-state index contributed by atoms with van der Waals surface area (Å²) in [5, 5.41) is 3.65. The minimum absolute atomic E-state index is 0.306. The molecule has 2 rings (SSSR count). The van der Waals surface area contributed by atoms with Gasteiger partial charge in [0.25, 0.3) is 5.91 Å². The Kier molecular flexibility index (Phi) is 5.74. The number of amides is 1. The summed E-state index contributed by atoms with van der Waals surface area (Å²) in [6, 6.07) is 10.4. The van der Waals surface area contributed by atoms with Gasteiger partial charge in [0.2, 0.25) is 0 Å². The van der Waals surface area contributed by atoms with Crippen LogP contribution in [0.2, 0.25) is 10.0 Å². The van der Waals surface area contributed by atoms with E-state index in [4.69, 9.17) is 32.7 Å². The number of hydrogen-bond donors (Lipinski definition) is 1. The first-order valence-corrected chi connectivity index (χ1v) is 7.73. The zero-order chi connectivity index (χ0) is 17.0. The quantitative estimate of drug-likeness (QED) is 0.845. The Balaban J connectivity index is 2.10. The lowest BCUT2D eigenvalue weighted by Gasteiger charge is -2.17. The van der Waals surface area contributed by atoms with E-state index in [9.17, 15) is 4.79 Å². The van der Waals surface area contributed by atoms with E-state index in [2.05, 4.69) is 5.32 Å². The van der Waals surface area contributed by atoms with E-state index in [0.29, 0.717) is 27.2 Å². The molecule has 6 heteroatoms. The van der Waals surface area contributed by atoms with Crippen LogP contribution in [0.15, 0.2) is 36.4 Å². The summed E-state index contributed by atoms with van der Waals surface area (Å²) in [6.45, 7) is 3.57. The topological polar surface area (TPSA) is 47.6 Å². The summed E-state index contributed by atoms with van der Waals surface area (Å²) in [5.74, 6) is 0.676. The Bertz CT molecular complexity index is 719. The van der Waals surface area contributed by atoms with Crippen molar-refractivity contribution >= 4 is 34.8 Å². The maximum absolute atomic E-state index is 12.3. The second-order valence-corrected chi connectivity index (χ2v) is 5.87. The van der Waals surface area contributed by atoms with Crippen molar-refractivity contribution in [1.82, 2.24) is 0 Å². The normalized spacial score (nSPS) is 11.7. The van der Waals surface area contributed by atoms with Crippen LogP contribution in [0.3, 0.4) is 0 Å². The van der Waals surface area contributed by atoms with Crippen LogP contribution >= 0.6 is 23.2 Å². The number of benzene rings is 2. The lowest BCUT2D eigenvalue weighted by molar-refractivity contribution is -0.122. The van der Waals surface area contributed by atoms with Crippen molar-refractivity contribution in [2.24, 2.45) is 0 Å². The first kappa shape index (κ1) is 17.4. The van der Waals surface area contributed by atoms with E-state index in [1.807, 2.05) is 19.1 Å². The van der Waals surface area contributed by atoms with Crippen LogP contribution in [0.5, 0.6) is 11.5 Å². The molecule has 0 spiro atoms. The van der Waals surface area contributed by atoms with Crippen molar-refractivity contribution < 1.29 is 14.3 Å². The minimum Gasteiger partial charge on any atom is -0.495 e. The number of methoxy groups -OCH3 is 1. The number of halogens is 2. The fourth-order valence-corrected chi connectivity index (χ4v) is 2.42. The van der Waals surface area contributed by atoms with Gasteiger partial charge in [0.1, 0.15) is 11.5 Å². The third-order valence-electron chi connectivity index (χ3n) is 3.18. The smallest absolute Gasteiger partial charge is 0.265 e. The van der Waals surface area contributed by atoms with Gasteiger partial charge in [-0.1, -0.05) is 29.3 Å². The van der Waals surface area contributed by atoms with E-state index < -0.39 is 6.10 Å². The zero-order valence-electron chi connectivity index (χ0n) is 13.0. The van der Waals surface area contributed by atoms with E-state index >= 15 is 0 Å². The van der Waals surface area contributed by atoms with Crippen LogP contribution in [0.1, 0.15) is 12.5 Å². The summed E-state index contributed by atoms with van der Waals surface area (Å²) in [4.78, 5) is 12.3. The molecule has 122 valence electrons. The van der Waals surface area contributed by atoms with Crippen molar-refractivity contribution in [3.8, 4) is 11.5 Å². The highest BCUT2D eigenvalue weighted by molar-refractivity contribution is 6.35. The molecule has 0 saturated carbocycles. The molecule has 4 nitrogen and oxygen atoms in total. The van der Waals surface area contributed by atoms with Crippen LogP contribution in [0.4, 0.5) is 5.69 Å². The molecular formula is C17H17Cl2NO3. The summed E-state index contributed by atoms with van der Waals surface area (Å²) in [6.07, 6.45) is -0.737. The van der Waals surface area contributed by atoms with E-state index in [-0.39, 0.29) is 5.91 Å². The lowest BCUT2D eigenvalue weighted by atomic mass is 10.2. The molecule has 0 saturated heterocycles. The van der Waals surface area contributed by atoms with Crippen molar-refractivity contribution in [2.75, 3.05) is 12.4 Å². The highest BCUT2D eigenvalue weighted by atomic mass is 35.5. The maximum atomic E-state index is 12.3. The molecule has 23 heavy (non-hydrogen) atoms. The van der Waals surface area contributed by atoms with E-state index in [0.717, 1.165) is 5.56 Å². The third kappa shape index (κ3) is 4.53. The number of nitrogens with one attached hydrogen (secondary N) is 1. The van der Waals surface area contributed by atoms with Gasteiger partial charge in [0.15, 0.2) is 6.10 Å². The summed E-state index contributed by atoms with van der Waals surface area (Å²) in [7, 11) is 1.55. The first-order valence-electron chi connectivity index (χ1n) is 6.98. The fourth-order valence-electron chi connectivity index (χ4n) is 1.97. The zero-order valence-corrected chi connectivity index (χ0v) is 14.5. The molecule has 0 aliphatic rings. The molecule has 1 N–H and O–H groups in total. The van der Waals surface area contributed by atoms with Gasteiger partial charge in [0.05, 0.1) is 17.8 Å². The number of carbonyl (C=O) groups is 1. The molecular weight excluding hydrogens is 337 g/mol. The lowest BCUT2D eigenvalue weighted by Crippen LogP contribution is -2.30. The van der Waals surface area contributed by atoms with Crippen molar-refractivity contribution in [3.63, 3.8) is 0 Å². The largest absolute Gasteiger partial charge is 0.495 e. The van der Waals surface area contributed by atoms with Crippen molar-refractivity contribution in [1.29, 1.82) is 0 Å². The summed E-state index contributed by atoms with van der Waals surface area (Å²) >= 11 is 11.9. The molecule has 2 aromatic carbocycles. The molecule has 0 bridgehead atoms. The van der Waals surface area contributed by atoms with Gasteiger partial charge in [0, 0.05) is 5.02 Å². The van der Waals surface area contributed by atoms with Crippen LogP contribution in [-0.4, -0.2) is 19.1 Å². The van der Waals surface area contributed by atoms with Gasteiger partial charge in [-0.15, -0.1) is 0 Å². The molecule has 0 radical (unpaired) electrons. The third-order valence-corrected chi connectivity index (χ3v) is 3.71. The van der Waals surface area contributed by atoms with Gasteiger partial charge in [-0.3, -0.25) is 4.79 Å². The summed E-state index contributed by atoms with van der Waals surface area (Å²) in [5.41, 5.74) is 1.60. The van der Waals surface area contributed by atoms with Gasteiger partial charge in [-0.2, -0.15) is 0 Å². The predicted molar refractivity (Wildman–Crippen MR) is 92.9 cm³/mol. The second kappa shape index (κ2) is 7.57. The molecule has 0 heterocycles. The van der Waals surface area contributed by atoms with Crippen LogP contribution in [0.25, 0.3) is 0 Å². The van der Waals surface area contributed by atoms with Crippen LogP contribution < -0.4 is 14.8 Å². The van der Waals surface area contributed by atoms with Gasteiger partial charge >= 0.3 is 0 Å². The molecule has 0 aliphatic heterocycles. The minimum atomic E-state index is -0.737. The molecule has 2 aromatic rings. The van der Waals surface area contributed by atoms with Gasteiger partial charge in [-0.25, -0.2) is 0 Å². The number of ether oxygens (including phenoxy) is 2. The van der Waals surface area contributed by atoms with Gasteiger partial charge < -0.3 is 14.8 Å². The molecule has 0 aromatic heterocycles. The van der Waals surface area contributed by atoms with Crippen LogP contribution in [0, 0.1) is 6.92 Å². The Hall–Kier alpha value is -1.91. The Labute approximate surface area is 145 Å². The number of rotatable bonds is 5. The van der Waals surface area contributed by atoms with E-state index in [1.54, 1.807) is 38.3 Å². The molecule has 0 aliphatic carbocycles. The average Bonchev–Trinajstić information content (AvgIpc) is 2.50. The van der Waals surface area contributed by atoms with Crippen molar-refractivity contribution in [2.45, 2.75) is 20.0 Å². The standard InChI is InChI=1S/C17H17Cl2NO3/c1-10-4-6-16(22-3)14(8-10)20-17(21)11(2)23-15-7-5-12(18)9-13(15)19/h4-9,11H,1-3H3,(H,20,21)/t11-/m1/s1. The predicted octanol–water partition coefficient (Wildman–Crippen LogP) is 4.72. The Morgan fingerprint density at radius 3 is 2.48 bits per heavy atom. The number of hydrogen-bond acceptors (Lipinski definition) is 3. The van der Waals surface area contributed by atoms with Crippen LogP contribution in [-0.2, 0) is 4.79 Å². The molecule has 0 unspecified atom stereocenters. The van der Waals surface area contributed by atoms with Gasteiger partial charge in [-0.05, 0) is 49.7 Å². The average molecular weight is 354 g/mol. The fraction of sp³-hybridized carbons (Fsp3) is 0.235. The highest BCUT2D eigenvalue weighted by Gasteiger charge is 2.18. The molecule has 0 fully saturated rings.